The number of carbonyl (C=O) groups excluding carboxylic acids is 3. The van der Waals surface area contributed by atoms with E-state index in [0.717, 1.165) is 49.7 Å². The van der Waals surface area contributed by atoms with Crippen molar-refractivity contribution in [2.24, 2.45) is 10.8 Å². The van der Waals surface area contributed by atoms with Crippen LogP contribution in [-0.4, -0.2) is 17.7 Å². The first kappa shape index (κ1) is 51.2. The highest BCUT2D eigenvalue weighted by atomic mass is 16.5. The molecule has 0 saturated carbocycles. The fourth-order valence-corrected chi connectivity index (χ4v) is 7.46. The standard InChI is InChI=1S/C53H86O5/c1-9-11-13-15-17-19-21-23-25-27-29-31-33-35-43-41-45(57-50(55)52(3,4)5)37-39-47(43)49(54)48-40-38-46(58-51(56)53(6,7)8)42-44(48)36-34-32-30-28-26-24-22-20-18-16-14-12-10-2/h37-42H,9-36H2,1-8H3. The van der Waals surface area contributed by atoms with Gasteiger partial charge in [-0.15, -0.1) is 0 Å². The Labute approximate surface area is 356 Å². The number of aryl methyl sites for hydroxylation is 2. The van der Waals surface area contributed by atoms with Crippen LogP contribution in [0.15, 0.2) is 36.4 Å². The summed E-state index contributed by atoms with van der Waals surface area (Å²) in [5, 5.41) is 0. The Morgan fingerprint density at radius 3 is 0.914 bits per heavy atom. The van der Waals surface area contributed by atoms with Gasteiger partial charge in [0.25, 0.3) is 0 Å². The van der Waals surface area contributed by atoms with Crippen LogP contribution < -0.4 is 9.47 Å². The van der Waals surface area contributed by atoms with Crippen molar-refractivity contribution in [2.75, 3.05) is 0 Å². The molecule has 0 bridgehead atoms. The molecule has 0 fully saturated rings. The average molecular weight is 803 g/mol. The van der Waals surface area contributed by atoms with Gasteiger partial charge in [0.05, 0.1) is 10.8 Å². The van der Waals surface area contributed by atoms with Gasteiger partial charge < -0.3 is 9.47 Å². The molecule has 0 N–H and O–H groups in total. The first-order valence-electron chi connectivity index (χ1n) is 24.0. The minimum Gasteiger partial charge on any atom is -0.426 e. The van der Waals surface area contributed by atoms with E-state index >= 15 is 0 Å². The van der Waals surface area contributed by atoms with Crippen LogP contribution >= 0.6 is 0 Å². The Morgan fingerprint density at radius 1 is 0.397 bits per heavy atom. The van der Waals surface area contributed by atoms with Gasteiger partial charge in [0.15, 0.2) is 5.78 Å². The van der Waals surface area contributed by atoms with Crippen molar-refractivity contribution in [1.82, 2.24) is 0 Å². The summed E-state index contributed by atoms with van der Waals surface area (Å²) in [4.78, 5) is 40.2. The van der Waals surface area contributed by atoms with Crippen molar-refractivity contribution in [1.29, 1.82) is 0 Å². The van der Waals surface area contributed by atoms with Crippen molar-refractivity contribution in [3.8, 4) is 11.5 Å². The molecule has 0 aliphatic rings. The van der Waals surface area contributed by atoms with Gasteiger partial charge in [-0.1, -0.05) is 168 Å². The number of hydrogen-bond donors (Lipinski definition) is 0. The molecule has 0 aliphatic carbocycles. The number of benzene rings is 2. The van der Waals surface area contributed by atoms with Gasteiger partial charge in [-0.3, -0.25) is 14.4 Å². The van der Waals surface area contributed by atoms with E-state index < -0.39 is 10.8 Å². The van der Waals surface area contributed by atoms with E-state index in [2.05, 4.69) is 13.8 Å². The SMILES string of the molecule is CCCCCCCCCCCCCCCc1cc(OC(=O)C(C)(C)C)ccc1C(=O)c1ccc(OC(=O)C(C)(C)C)cc1CCCCCCCCCCCCCCC. The van der Waals surface area contributed by atoms with Gasteiger partial charge in [0.1, 0.15) is 11.5 Å². The van der Waals surface area contributed by atoms with Crippen LogP contribution in [0.4, 0.5) is 0 Å². The highest BCUT2D eigenvalue weighted by Gasteiger charge is 2.26. The smallest absolute Gasteiger partial charge is 0.316 e. The highest BCUT2D eigenvalue weighted by molar-refractivity contribution is 6.11. The average Bonchev–Trinajstić information content (AvgIpc) is 3.17. The summed E-state index contributed by atoms with van der Waals surface area (Å²) < 4.78 is 11.6. The minimum atomic E-state index is -0.635. The molecule has 2 aromatic rings. The molecular formula is C53H86O5. The molecule has 0 spiro atoms. The molecule has 2 rings (SSSR count). The second kappa shape index (κ2) is 29.3. The van der Waals surface area contributed by atoms with Crippen LogP contribution in [0.1, 0.15) is 249 Å². The molecule has 0 aliphatic heterocycles. The van der Waals surface area contributed by atoms with E-state index in [0.29, 0.717) is 22.6 Å². The molecule has 58 heavy (non-hydrogen) atoms. The Hall–Kier alpha value is -2.95. The van der Waals surface area contributed by atoms with Crippen molar-refractivity contribution in [3.63, 3.8) is 0 Å². The summed E-state index contributed by atoms with van der Waals surface area (Å²) in [6.07, 6.45) is 34.8. The molecule has 0 radical (unpaired) electrons. The zero-order valence-corrected chi connectivity index (χ0v) is 38.8. The third-order valence-electron chi connectivity index (χ3n) is 11.4. The molecule has 0 atom stereocenters. The van der Waals surface area contributed by atoms with Gasteiger partial charge in [-0.25, -0.2) is 0 Å². The van der Waals surface area contributed by atoms with Gasteiger partial charge in [0, 0.05) is 11.1 Å². The summed E-state index contributed by atoms with van der Waals surface area (Å²) >= 11 is 0. The van der Waals surface area contributed by atoms with E-state index in [1.807, 2.05) is 65.8 Å². The van der Waals surface area contributed by atoms with E-state index in [9.17, 15) is 14.4 Å². The van der Waals surface area contributed by atoms with Crippen molar-refractivity contribution in [2.45, 2.75) is 235 Å². The molecule has 0 aromatic heterocycles. The van der Waals surface area contributed by atoms with Crippen LogP contribution in [-0.2, 0) is 22.4 Å². The lowest BCUT2D eigenvalue weighted by Crippen LogP contribution is -2.25. The van der Waals surface area contributed by atoms with Crippen LogP contribution in [0.2, 0.25) is 0 Å². The Kier molecular flexibility index (Phi) is 25.9. The molecule has 5 nitrogen and oxygen atoms in total. The third kappa shape index (κ3) is 21.9. The molecule has 0 saturated heterocycles. The van der Waals surface area contributed by atoms with E-state index in [-0.39, 0.29) is 17.7 Å². The predicted octanol–water partition coefficient (Wildman–Crippen LogP) is 16.1. The maximum Gasteiger partial charge on any atom is 0.316 e. The lowest BCUT2D eigenvalue weighted by atomic mass is 9.90. The topological polar surface area (TPSA) is 69.7 Å². The Balaban J connectivity index is 2.12. The van der Waals surface area contributed by atoms with Crippen LogP contribution in [0.3, 0.4) is 0 Å². The normalized spacial score (nSPS) is 11.9. The predicted molar refractivity (Wildman–Crippen MR) is 245 cm³/mol. The van der Waals surface area contributed by atoms with Gasteiger partial charge in [0.2, 0.25) is 0 Å². The zero-order valence-electron chi connectivity index (χ0n) is 38.8. The first-order valence-corrected chi connectivity index (χ1v) is 24.0. The highest BCUT2D eigenvalue weighted by Crippen LogP contribution is 2.30. The maximum absolute atomic E-state index is 14.5. The summed E-state index contributed by atoms with van der Waals surface area (Å²) in [5.41, 5.74) is 1.88. The first-order chi connectivity index (χ1) is 27.8. The summed E-state index contributed by atoms with van der Waals surface area (Å²) in [6.45, 7) is 15.6. The van der Waals surface area contributed by atoms with Crippen LogP contribution in [0.5, 0.6) is 11.5 Å². The monoisotopic (exact) mass is 803 g/mol. The molecular weight excluding hydrogens is 717 g/mol. The van der Waals surface area contributed by atoms with Gasteiger partial charge in [-0.05, 0) is 115 Å². The van der Waals surface area contributed by atoms with Crippen LogP contribution in [0.25, 0.3) is 0 Å². The third-order valence-corrected chi connectivity index (χ3v) is 11.4. The van der Waals surface area contributed by atoms with Crippen LogP contribution in [0, 0.1) is 10.8 Å². The summed E-state index contributed by atoms with van der Waals surface area (Å²) in [7, 11) is 0. The summed E-state index contributed by atoms with van der Waals surface area (Å²) in [6, 6.07) is 11.0. The molecule has 2 aromatic carbocycles. The largest absolute Gasteiger partial charge is 0.426 e. The van der Waals surface area contributed by atoms with Crippen molar-refractivity contribution in [3.05, 3.63) is 58.7 Å². The number of ketones is 1. The van der Waals surface area contributed by atoms with E-state index in [1.165, 1.54) is 141 Å². The molecule has 0 unspecified atom stereocenters. The summed E-state index contributed by atoms with van der Waals surface area (Å²) in [5.74, 6) is 0.352. The maximum atomic E-state index is 14.5. The second-order valence-corrected chi connectivity index (χ2v) is 19.2. The number of unbranched alkanes of at least 4 members (excludes halogenated alkanes) is 24. The van der Waals surface area contributed by atoms with E-state index in [1.54, 1.807) is 12.1 Å². The lowest BCUT2D eigenvalue weighted by molar-refractivity contribution is -0.143. The molecule has 328 valence electrons. The van der Waals surface area contributed by atoms with E-state index in [4.69, 9.17) is 9.47 Å². The number of carbonyl (C=O) groups is 3. The molecule has 5 heteroatoms. The Morgan fingerprint density at radius 2 is 0.655 bits per heavy atom. The van der Waals surface area contributed by atoms with Gasteiger partial charge in [-0.2, -0.15) is 0 Å². The number of rotatable bonds is 32. The Bertz CT molecular complexity index is 1330. The fourth-order valence-electron chi connectivity index (χ4n) is 7.46. The van der Waals surface area contributed by atoms with Crippen molar-refractivity contribution < 1.29 is 23.9 Å². The quantitative estimate of drug-likeness (QED) is 0.0319. The number of ether oxygens (including phenoxy) is 2. The zero-order chi connectivity index (χ0) is 42.7. The molecule has 0 amide bonds. The molecule has 0 heterocycles. The van der Waals surface area contributed by atoms with Crippen molar-refractivity contribution >= 4 is 17.7 Å². The second-order valence-electron chi connectivity index (χ2n) is 19.2. The lowest BCUT2D eigenvalue weighted by Gasteiger charge is -2.19. The number of esters is 2. The van der Waals surface area contributed by atoms with Gasteiger partial charge >= 0.3 is 11.9 Å². The fraction of sp³-hybridized carbons (Fsp3) is 0.717. The number of hydrogen-bond acceptors (Lipinski definition) is 5. The minimum absolute atomic E-state index is 0.0308.